The molecule has 3 rings (SSSR count). The molecule has 3 heterocycles. The molecule has 0 saturated carbocycles. The summed E-state index contributed by atoms with van der Waals surface area (Å²) in [5.74, 6) is -2.68. The zero-order valence-corrected chi connectivity index (χ0v) is 18.2. The third kappa shape index (κ3) is 7.05. The minimum Gasteiger partial charge on any atom is -0.468 e. The first kappa shape index (κ1) is 24.3. The largest absolute Gasteiger partial charge is 0.468 e. The molecular formula is C12H15N17O6. The van der Waals surface area contributed by atoms with E-state index in [2.05, 4.69) is 81.1 Å². The van der Waals surface area contributed by atoms with Gasteiger partial charge in [-0.3, -0.25) is 0 Å². The van der Waals surface area contributed by atoms with Crippen LogP contribution in [0.15, 0.2) is 20.7 Å². The van der Waals surface area contributed by atoms with Crippen molar-refractivity contribution in [2.75, 3.05) is 26.4 Å². The number of hydrogen-bond donors (Lipinski definition) is 0. The Labute approximate surface area is 192 Å². The second-order valence-electron chi connectivity index (χ2n) is 5.76. The smallest absolute Gasteiger partial charge is 0.329 e. The number of anilines is 1. The first-order valence-electron chi connectivity index (χ1n) is 9.07. The maximum Gasteiger partial charge on any atom is 0.329 e. The summed E-state index contributed by atoms with van der Waals surface area (Å²) in [7, 11) is 3.59. The molecule has 23 nitrogen and oxygen atoms in total. The fourth-order valence-corrected chi connectivity index (χ4v) is 1.87. The minimum atomic E-state index is -0.637. The molecule has 0 N–H and O–H groups in total. The van der Waals surface area contributed by atoms with Gasteiger partial charge in [-0.25, -0.2) is 14.4 Å². The lowest BCUT2D eigenvalue weighted by molar-refractivity contribution is -0.142. The number of ether oxygens (including phenoxy) is 3. The van der Waals surface area contributed by atoms with Crippen LogP contribution >= 0.6 is 0 Å². The van der Waals surface area contributed by atoms with Gasteiger partial charge >= 0.3 is 35.8 Å². The number of rotatable bonds is 11. The highest BCUT2D eigenvalue weighted by Gasteiger charge is 2.16. The van der Waals surface area contributed by atoms with Crippen molar-refractivity contribution in [2.24, 2.45) is 20.7 Å². The van der Waals surface area contributed by atoms with Gasteiger partial charge in [-0.2, -0.15) is 14.4 Å². The van der Waals surface area contributed by atoms with Crippen molar-refractivity contribution < 1.29 is 28.6 Å². The van der Waals surface area contributed by atoms with Crippen LogP contribution in [-0.2, 0) is 48.2 Å². The van der Waals surface area contributed by atoms with E-state index in [0.717, 1.165) is 14.4 Å². The molecule has 3 aromatic heterocycles. The molecule has 0 aromatic carbocycles. The topological polar surface area (TPSA) is 262 Å². The molecule has 0 spiro atoms. The number of aromatic nitrogens is 12. The molecule has 3 aromatic rings. The van der Waals surface area contributed by atoms with Gasteiger partial charge in [-0.05, 0) is 26.1 Å². The van der Waals surface area contributed by atoms with Crippen molar-refractivity contribution in [1.82, 2.24) is 60.6 Å². The summed E-state index contributed by atoms with van der Waals surface area (Å²) in [6, 6.07) is 0. The lowest BCUT2D eigenvalue weighted by atomic mass is 10.7. The summed E-state index contributed by atoms with van der Waals surface area (Å²) in [4.78, 5) is 36.7. The average Bonchev–Trinajstić information content (AvgIpc) is 3.61. The molecule has 0 radical (unpaired) electrons. The third-order valence-electron chi connectivity index (χ3n) is 3.44. The van der Waals surface area contributed by atoms with Gasteiger partial charge in [-0.1, -0.05) is 30.6 Å². The van der Waals surface area contributed by atoms with Gasteiger partial charge in [0, 0.05) is 0 Å². The van der Waals surface area contributed by atoms with Gasteiger partial charge in [0.2, 0.25) is 0 Å². The van der Waals surface area contributed by atoms with Gasteiger partial charge in [-0.15, -0.1) is 15.3 Å². The summed E-state index contributed by atoms with van der Waals surface area (Å²) in [6.07, 6.45) is 0. The molecule has 0 bridgehead atoms. The van der Waals surface area contributed by atoms with Crippen molar-refractivity contribution >= 4 is 35.8 Å². The molecule has 0 fully saturated rings. The van der Waals surface area contributed by atoms with Crippen LogP contribution < -0.4 is 5.12 Å². The maximum absolute atomic E-state index is 11.4. The van der Waals surface area contributed by atoms with E-state index in [1.165, 1.54) is 21.3 Å². The Morgan fingerprint density at radius 1 is 0.686 bits per heavy atom. The van der Waals surface area contributed by atoms with Crippen LogP contribution in [0.5, 0.6) is 0 Å². The fraction of sp³-hybridized carbons (Fsp3) is 0.500. The molecule has 0 aliphatic heterocycles. The maximum atomic E-state index is 11.4. The van der Waals surface area contributed by atoms with Crippen molar-refractivity contribution in [1.29, 1.82) is 0 Å². The number of tetrazole rings is 3. The van der Waals surface area contributed by atoms with E-state index in [9.17, 15) is 14.4 Å². The van der Waals surface area contributed by atoms with Gasteiger partial charge in [0.15, 0.2) is 19.6 Å². The average molecular weight is 493 g/mol. The van der Waals surface area contributed by atoms with Crippen molar-refractivity contribution in [3.05, 3.63) is 0 Å². The standard InChI is InChI=1S/C12H15N17O6/c1-33-7(30)4-26-18-10(13-21-26)15-24-29(12-17-23-28(20-12)6-9(32)35-3)25-16-11-14-22-27(19-11)5-8(31)34-2/h4-6H2,1-3H3/b24-15+,25-16+. The number of carbonyl (C=O) groups excluding carboxylic acids is 3. The van der Waals surface area contributed by atoms with E-state index in [1.54, 1.807) is 0 Å². The number of nitrogens with zero attached hydrogens (tertiary/aromatic N) is 17. The van der Waals surface area contributed by atoms with Gasteiger partial charge < -0.3 is 14.2 Å². The molecule has 23 heteroatoms. The van der Waals surface area contributed by atoms with E-state index in [0.29, 0.717) is 5.12 Å². The monoisotopic (exact) mass is 493 g/mol. The number of methoxy groups -OCH3 is 3. The van der Waals surface area contributed by atoms with Crippen LogP contribution in [0.1, 0.15) is 0 Å². The van der Waals surface area contributed by atoms with Gasteiger partial charge in [0.05, 0.1) is 21.3 Å². The Balaban J connectivity index is 1.80. The molecular weight excluding hydrogens is 478 g/mol. The second kappa shape index (κ2) is 11.5. The van der Waals surface area contributed by atoms with Gasteiger partial charge in [0.25, 0.3) is 0 Å². The summed E-state index contributed by atoms with van der Waals surface area (Å²) >= 11 is 0. The summed E-state index contributed by atoms with van der Waals surface area (Å²) in [5, 5.41) is 48.8. The van der Waals surface area contributed by atoms with Crippen LogP contribution in [0.25, 0.3) is 0 Å². The quantitative estimate of drug-likeness (QED) is 0.114. The van der Waals surface area contributed by atoms with E-state index in [4.69, 9.17) is 0 Å². The Hall–Kier alpha value is -5.38. The second-order valence-corrected chi connectivity index (χ2v) is 5.76. The van der Waals surface area contributed by atoms with Gasteiger partial charge in [0.1, 0.15) is 0 Å². The van der Waals surface area contributed by atoms with Crippen molar-refractivity contribution in [3.63, 3.8) is 0 Å². The Kier molecular flexibility index (Phi) is 7.96. The van der Waals surface area contributed by atoms with E-state index >= 15 is 0 Å². The van der Waals surface area contributed by atoms with Crippen LogP contribution in [0.4, 0.5) is 17.8 Å². The van der Waals surface area contributed by atoms with Crippen LogP contribution in [-0.4, -0.2) is 99.9 Å². The molecule has 0 aliphatic rings. The van der Waals surface area contributed by atoms with Crippen LogP contribution in [0.3, 0.4) is 0 Å². The van der Waals surface area contributed by atoms with Crippen LogP contribution in [0.2, 0.25) is 0 Å². The first-order valence-corrected chi connectivity index (χ1v) is 9.07. The Bertz CT molecular complexity index is 1160. The molecule has 184 valence electrons. The number of esters is 3. The predicted octanol–water partition coefficient (Wildman–Crippen LogP) is -2.63. The van der Waals surface area contributed by atoms with Crippen molar-refractivity contribution in [2.45, 2.75) is 19.6 Å². The normalized spacial score (nSPS) is 11.2. The highest BCUT2D eigenvalue weighted by Crippen LogP contribution is 2.12. The number of carbonyl (C=O) groups is 3. The highest BCUT2D eigenvalue weighted by molar-refractivity contribution is 5.69. The highest BCUT2D eigenvalue weighted by atomic mass is 16.5. The summed E-state index contributed by atoms with van der Waals surface area (Å²) in [6.45, 7) is -0.962. The summed E-state index contributed by atoms with van der Waals surface area (Å²) in [5.41, 5.74) is 0. The molecule has 0 unspecified atom stereocenters. The zero-order valence-electron chi connectivity index (χ0n) is 18.2. The molecule has 0 aliphatic carbocycles. The number of hydrogen-bond acceptors (Lipinski definition) is 19. The third-order valence-corrected chi connectivity index (χ3v) is 3.44. The zero-order chi connectivity index (χ0) is 25.2. The molecule has 0 atom stereocenters. The molecule has 0 saturated heterocycles. The molecule has 35 heavy (non-hydrogen) atoms. The van der Waals surface area contributed by atoms with E-state index in [-0.39, 0.29) is 37.5 Å². The molecule has 0 amide bonds. The van der Waals surface area contributed by atoms with E-state index in [1.807, 2.05) is 0 Å². The summed E-state index contributed by atoms with van der Waals surface area (Å²) < 4.78 is 13.5. The Morgan fingerprint density at radius 3 is 1.51 bits per heavy atom. The fourth-order valence-electron chi connectivity index (χ4n) is 1.87. The predicted molar refractivity (Wildman–Crippen MR) is 101 cm³/mol. The van der Waals surface area contributed by atoms with E-state index < -0.39 is 17.9 Å². The SMILES string of the molecule is COC(=O)Cn1nnc(/N=N/N(/N=N/c2nnn(CC(=O)OC)n2)c2nnn(CC(=O)OC)n2)n1. The lowest BCUT2D eigenvalue weighted by Crippen LogP contribution is -2.15. The first-order chi connectivity index (χ1) is 16.9. The Morgan fingerprint density at radius 2 is 1.09 bits per heavy atom. The minimum absolute atomic E-state index is 0.266. The lowest BCUT2D eigenvalue weighted by Gasteiger charge is -2.02. The van der Waals surface area contributed by atoms with Crippen LogP contribution in [0, 0.1) is 0 Å². The van der Waals surface area contributed by atoms with Crippen molar-refractivity contribution in [3.8, 4) is 0 Å².